The summed E-state index contributed by atoms with van der Waals surface area (Å²) in [5.41, 5.74) is 4.31. The SMILES string of the molecule is CCc1ccc(C2NC(=O)N(Cc3ccco3)C(C)=C2c2nc(-c3ccc4c(c3)OCO4)no2)cc1. The van der Waals surface area contributed by atoms with Crippen LogP contribution in [0.1, 0.15) is 42.7 Å². The summed E-state index contributed by atoms with van der Waals surface area (Å²) in [4.78, 5) is 19.5. The van der Waals surface area contributed by atoms with Crippen LogP contribution in [0.2, 0.25) is 0 Å². The number of furan rings is 1. The maximum absolute atomic E-state index is 13.2. The van der Waals surface area contributed by atoms with Crippen LogP contribution < -0.4 is 14.8 Å². The first kappa shape index (κ1) is 22.0. The predicted octanol–water partition coefficient (Wildman–Crippen LogP) is 5.32. The van der Waals surface area contributed by atoms with E-state index < -0.39 is 6.04 Å². The van der Waals surface area contributed by atoms with Crippen molar-refractivity contribution in [3.63, 3.8) is 0 Å². The van der Waals surface area contributed by atoms with E-state index in [1.807, 2.05) is 43.3 Å². The van der Waals surface area contributed by atoms with Gasteiger partial charge >= 0.3 is 6.03 Å². The summed E-state index contributed by atoms with van der Waals surface area (Å²) in [6, 6.07) is 16.6. The van der Waals surface area contributed by atoms with Crippen molar-refractivity contribution < 1.29 is 23.2 Å². The zero-order valence-electron chi connectivity index (χ0n) is 19.9. The molecule has 2 amide bonds. The molecule has 2 aliphatic heterocycles. The van der Waals surface area contributed by atoms with Crippen LogP contribution in [0.25, 0.3) is 17.0 Å². The Morgan fingerprint density at radius 3 is 2.69 bits per heavy atom. The number of aryl methyl sites for hydroxylation is 1. The standard InChI is InChI=1S/C27H24N4O5/c1-3-17-6-8-18(9-7-17)24-23(16(2)31(27(32)28-24)14-20-5-4-12-33-20)26-29-25(30-36-26)19-10-11-21-22(13-19)35-15-34-21/h4-13,24H,3,14-15H2,1-2H3,(H,28,32). The monoisotopic (exact) mass is 484 g/mol. The zero-order chi connectivity index (χ0) is 24.6. The van der Waals surface area contributed by atoms with Gasteiger partial charge in [0.2, 0.25) is 12.6 Å². The van der Waals surface area contributed by atoms with Gasteiger partial charge in [0.25, 0.3) is 5.89 Å². The van der Waals surface area contributed by atoms with Gasteiger partial charge in [0.1, 0.15) is 5.76 Å². The van der Waals surface area contributed by atoms with E-state index in [0.29, 0.717) is 34.7 Å². The molecule has 0 fully saturated rings. The van der Waals surface area contributed by atoms with Crippen LogP contribution in [-0.2, 0) is 13.0 Å². The fourth-order valence-corrected chi connectivity index (χ4v) is 4.49. The summed E-state index contributed by atoms with van der Waals surface area (Å²) in [5, 5.41) is 7.35. The van der Waals surface area contributed by atoms with E-state index in [9.17, 15) is 4.79 Å². The Morgan fingerprint density at radius 1 is 1.08 bits per heavy atom. The molecule has 2 aliphatic rings. The Hall–Kier alpha value is -4.53. The number of fused-ring (bicyclic) bond motifs is 1. The van der Waals surface area contributed by atoms with E-state index in [1.165, 1.54) is 5.56 Å². The fourth-order valence-electron chi connectivity index (χ4n) is 4.49. The van der Waals surface area contributed by atoms with Crippen LogP contribution >= 0.6 is 0 Å². The number of hydrogen-bond donors (Lipinski definition) is 1. The quantitative estimate of drug-likeness (QED) is 0.395. The average molecular weight is 485 g/mol. The molecule has 2 aromatic heterocycles. The molecule has 1 unspecified atom stereocenters. The number of carbonyl (C=O) groups excluding carboxylic acids is 1. The highest BCUT2D eigenvalue weighted by Gasteiger charge is 2.36. The average Bonchev–Trinajstić information content (AvgIpc) is 3.68. The summed E-state index contributed by atoms with van der Waals surface area (Å²) in [6.45, 7) is 4.45. The fraction of sp³-hybridized carbons (Fsp3) is 0.222. The van der Waals surface area contributed by atoms with Gasteiger partial charge in [-0.2, -0.15) is 4.98 Å². The maximum Gasteiger partial charge on any atom is 0.322 e. The van der Waals surface area contributed by atoms with Gasteiger partial charge in [0, 0.05) is 11.3 Å². The van der Waals surface area contributed by atoms with Crippen molar-refractivity contribution in [2.45, 2.75) is 32.9 Å². The van der Waals surface area contributed by atoms with Crippen molar-refractivity contribution in [3.8, 4) is 22.9 Å². The second-order valence-electron chi connectivity index (χ2n) is 8.63. The molecule has 0 saturated carbocycles. The van der Waals surface area contributed by atoms with Crippen molar-refractivity contribution in [2.75, 3.05) is 6.79 Å². The first-order valence-corrected chi connectivity index (χ1v) is 11.7. The molecule has 4 aromatic rings. The van der Waals surface area contributed by atoms with Crippen LogP contribution in [0.5, 0.6) is 11.5 Å². The molecule has 4 heterocycles. The van der Waals surface area contributed by atoms with E-state index >= 15 is 0 Å². The molecule has 0 saturated heterocycles. The van der Waals surface area contributed by atoms with Gasteiger partial charge in [-0.05, 0) is 54.8 Å². The minimum Gasteiger partial charge on any atom is -0.467 e. The third-order valence-electron chi connectivity index (χ3n) is 6.50. The molecule has 9 nitrogen and oxygen atoms in total. The highest BCUT2D eigenvalue weighted by atomic mass is 16.7. The minimum absolute atomic E-state index is 0.187. The Balaban J connectivity index is 1.42. The number of rotatable bonds is 6. The Bertz CT molecular complexity index is 1440. The van der Waals surface area contributed by atoms with Gasteiger partial charge < -0.3 is 23.7 Å². The Kier molecular flexibility index (Phi) is 5.44. The van der Waals surface area contributed by atoms with Crippen LogP contribution in [0.4, 0.5) is 4.79 Å². The van der Waals surface area contributed by atoms with Gasteiger partial charge in [-0.1, -0.05) is 36.3 Å². The second-order valence-corrected chi connectivity index (χ2v) is 8.63. The van der Waals surface area contributed by atoms with Crippen molar-refractivity contribution in [2.24, 2.45) is 0 Å². The Labute approximate surface area is 207 Å². The summed E-state index contributed by atoms with van der Waals surface area (Å²) < 4.78 is 22.2. The van der Waals surface area contributed by atoms with Gasteiger partial charge in [-0.15, -0.1) is 0 Å². The topological polar surface area (TPSA) is 103 Å². The normalized spacial score (nSPS) is 17.0. The first-order chi connectivity index (χ1) is 17.6. The van der Waals surface area contributed by atoms with E-state index in [-0.39, 0.29) is 19.4 Å². The molecular formula is C27H24N4O5. The number of carbonyl (C=O) groups is 1. The van der Waals surface area contributed by atoms with E-state index in [0.717, 1.165) is 23.1 Å². The number of nitrogens with one attached hydrogen (secondary N) is 1. The summed E-state index contributed by atoms with van der Waals surface area (Å²) in [6.07, 6.45) is 2.52. The van der Waals surface area contributed by atoms with Crippen molar-refractivity contribution >= 4 is 11.6 Å². The lowest BCUT2D eigenvalue weighted by Gasteiger charge is -2.34. The third-order valence-corrected chi connectivity index (χ3v) is 6.50. The Morgan fingerprint density at radius 2 is 1.92 bits per heavy atom. The largest absolute Gasteiger partial charge is 0.467 e. The van der Waals surface area contributed by atoms with Gasteiger partial charge in [0.15, 0.2) is 11.5 Å². The minimum atomic E-state index is -0.457. The van der Waals surface area contributed by atoms with Crippen LogP contribution in [-0.4, -0.2) is 27.9 Å². The third kappa shape index (κ3) is 3.88. The van der Waals surface area contributed by atoms with Gasteiger partial charge in [-0.25, -0.2) is 4.79 Å². The molecular weight excluding hydrogens is 460 g/mol. The molecule has 9 heteroatoms. The maximum atomic E-state index is 13.2. The van der Waals surface area contributed by atoms with Crippen molar-refractivity contribution in [1.29, 1.82) is 0 Å². The molecule has 36 heavy (non-hydrogen) atoms. The number of hydrogen-bond acceptors (Lipinski definition) is 7. The summed E-state index contributed by atoms with van der Waals surface area (Å²) >= 11 is 0. The van der Waals surface area contributed by atoms with E-state index in [1.54, 1.807) is 17.2 Å². The predicted molar refractivity (Wildman–Crippen MR) is 130 cm³/mol. The highest BCUT2D eigenvalue weighted by Crippen LogP contribution is 2.39. The number of allylic oxidation sites excluding steroid dienone is 1. The lowest BCUT2D eigenvalue weighted by Crippen LogP contribution is -2.45. The first-order valence-electron chi connectivity index (χ1n) is 11.7. The molecule has 2 aromatic carbocycles. The zero-order valence-corrected chi connectivity index (χ0v) is 19.9. The van der Waals surface area contributed by atoms with E-state index in [4.69, 9.17) is 23.4 Å². The second kappa shape index (κ2) is 8.92. The molecule has 182 valence electrons. The lowest BCUT2D eigenvalue weighted by molar-refractivity contribution is 0.174. The molecule has 0 bridgehead atoms. The molecule has 0 aliphatic carbocycles. The van der Waals surface area contributed by atoms with E-state index in [2.05, 4.69) is 29.5 Å². The molecule has 6 rings (SSSR count). The molecule has 0 spiro atoms. The number of amides is 2. The van der Waals surface area contributed by atoms with Crippen LogP contribution in [0.3, 0.4) is 0 Å². The number of urea groups is 1. The lowest BCUT2D eigenvalue weighted by atomic mass is 9.93. The number of nitrogens with zero attached hydrogens (tertiary/aromatic N) is 3. The number of ether oxygens (including phenoxy) is 2. The van der Waals surface area contributed by atoms with Crippen LogP contribution in [0, 0.1) is 0 Å². The van der Waals surface area contributed by atoms with Gasteiger partial charge in [0.05, 0.1) is 24.4 Å². The van der Waals surface area contributed by atoms with Gasteiger partial charge in [-0.3, -0.25) is 4.90 Å². The van der Waals surface area contributed by atoms with Crippen molar-refractivity contribution in [1.82, 2.24) is 20.4 Å². The number of aromatic nitrogens is 2. The van der Waals surface area contributed by atoms with Crippen LogP contribution in [0.15, 0.2) is 75.5 Å². The number of benzene rings is 2. The molecule has 0 radical (unpaired) electrons. The highest BCUT2D eigenvalue weighted by molar-refractivity contribution is 5.86. The van der Waals surface area contributed by atoms with Crippen molar-refractivity contribution in [3.05, 3.63) is 89.3 Å². The smallest absolute Gasteiger partial charge is 0.322 e. The molecule has 1 atom stereocenters. The molecule has 1 N–H and O–H groups in total. The summed E-state index contributed by atoms with van der Waals surface area (Å²) in [7, 11) is 0. The summed E-state index contributed by atoms with van der Waals surface area (Å²) in [5.74, 6) is 2.73.